The fraction of sp³-hybridized carbons (Fsp3) is 0.0357. The number of fused-ring (bicyclic) bond motifs is 8. The third-order valence-electron chi connectivity index (χ3n) is 12.2. The molecule has 0 saturated carbocycles. The number of benzene rings is 11. The average molecular weight is 783 g/mol. The largest absolute Gasteiger partial charge is 0.416 e. The van der Waals surface area contributed by atoms with Gasteiger partial charge in [0.05, 0.1) is 5.56 Å². The van der Waals surface area contributed by atoms with Gasteiger partial charge >= 0.3 is 6.18 Å². The molecular weight excluding hydrogens is 749 g/mol. The lowest BCUT2D eigenvalue weighted by atomic mass is 9.81. The summed E-state index contributed by atoms with van der Waals surface area (Å²) in [7, 11) is 0. The molecule has 0 atom stereocenters. The van der Waals surface area contributed by atoms with E-state index in [0.717, 1.165) is 104 Å². The second kappa shape index (κ2) is 13.6. The minimum atomic E-state index is -4.49. The molecule has 11 aromatic carbocycles. The van der Waals surface area contributed by atoms with Gasteiger partial charge in [0.1, 0.15) is 5.82 Å². The van der Waals surface area contributed by atoms with Gasteiger partial charge < -0.3 is 0 Å². The molecule has 0 saturated heterocycles. The van der Waals surface area contributed by atoms with Crippen molar-refractivity contribution >= 4 is 64.6 Å². The number of aryl methyl sites for hydroxylation is 1. The second-order valence-corrected chi connectivity index (χ2v) is 15.7. The van der Waals surface area contributed by atoms with Crippen LogP contribution in [0.15, 0.2) is 188 Å². The zero-order valence-corrected chi connectivity index (χ0v) is 32.4. The van der Waals surface area contributed by atoms with E-state index < -0.39 is 11.7 Å². The molecule has 0 aliphatic heterocycles. The van der Waals surface area contributed by atoms with E-state index in [-0.39, 0.29) is 5.82 Å². The molecule has 0 aliphatic rings. The van der Waals surface area contributed by atoms with Crippen molar-refractivity contribution in [1.29, 1.82) is 0 Å². The maximum absolute atomic E-state index is 15.1. The van der Waals surface area contributed by atoms with Crippen LogP contribution in [0.3, 0.4) is 0 Å². The van der Waals surface area contributed by atoms with Gasteiger partial charge in [0, 0.05) is 0 Å². The molecular formula is C56H34F4. The van der Waals surface area contributed by atoms with Crippen LogP contribution in [-0.4, -0.2) is 0 Å². The monoisotopic (exact) mass is 782 g/mol. The summed E-state index contributed by atoms with van der Waals surface area (Å²) in [6, 6.07) is 61.1. The van der Waals surface area contributed by atoms with Crippen LogP contribution in [0.2, 0.25) is 0 Å². The Balaban J connectivity index is 1.35. The first-order valence-electron chi connectivity index (χ1n) is 20.0. The summed E-state index contributed by atoms with van der Waals surface area (Å²) in [4.78, 5) is 0. The topological polar surface area (TPSA) is 0 Å². The Morgan fingerprint density at radius 1 is 0.333 bits per heavy atom. The summed E-state index contributed by atoms with van der Waals surface area (Å²) in [5, 5.41) is 12.0. The number of halogens is 4. The standard InChI is InChI=1S/C56H34F4/c1-33-17-19-34(20-18-33)36-21-24-48-52(29-36)54(50-31-38-9-2-3-12-42(38)44-13-4-6-15-46(44)50)49-25-22-37(35-10-8-11-40(27-35)56(58,59)60)30-53(49)55(48)51-32-39-28-41(57)23-26-43(39)45-14-5-7-16-47(45)51/h2-32H,1H3. The van der Waals surface area contributed by atoms with E-state index in [9.17, 15) is 13.2 Å². The van der Waals surface area contributed by atoms with Crippen molar-refractivity contribution in [3.8, 4) is 44.5 Å². The lowest BCUT2D eigenvalue weighted by molar-refractivity contribution is -0.137. The van der Waals surface area contributed by atoms with Gasteiger partial charge in [-0.15, -0.1) is 0 Å². The van der Waals surface area contributed by atoms with E-state index in [1.807, 2.05) is 30.3 Å². The highest BCUT2D eigenvalue weighted by Gasteiger charge is 2.30. The summed E-state index contributed by atoms with van der Waals surface area (Å²) in [5.74, 6) is -0.327. The first kappa shape index (κ1) is 35.8. The number of hydrogen-bond donors (Lipinski definition) is 0. The minimum Gasteiger partial charge on any atom is -0.207 e. The molecule has 0 spiro atoms. The van der Waals surface area contributed by atoms with Gasteiger partial charge in [-0.3, -0.25) is 0 Å². The van der Waals surface area contributed by atoms with Crippen molar-refractivity contribution in [3.63, 3.8) is 0 Å². The highest BCUT2D eigenvalue weighted by Crippen LogP contribution is 2.50. The van der Waals surface area contributed by atoms with Gasteiger partial charge in [0.25, 0.3) is 0 Å². The molecule has 0 nitrogen and oxygen atoms in total. The molecule has 286 valence electrons. The molecule has 0 bridgehead atoms. The van der Waals surface area contributed by atoms with Gasteiger partial charge in [-0.1, -0.05) is 145 Å². The SMILES string of the molecule is Cc1ccc(-c2ccc3c(-c4cc5cc(F)ccc5c5ccccc45)c4cc(-c5cccc(C(F)(F)F)c5)ccc4c(-c4cc5ccccc5c5ccccc45)c3c2)cc1. The molecule has 0 heterocycles. The summed E-state index contributed by atoms with van der Waals surface area (Å²) < 4.78 is 57.4. The highest BCUT2D eigenvalue weighted by atomic mass is 19.4. The molecule has 11 aromatic rings. The number of rotatable bonds is 4. The Bertz CT molecular complexity index is 3540. The summed E-state index contributed by atoms with van der Waals surface area (Å²) in [6.45, 7) is 2.08. The lowest BCUT2D eigenvalue weighted by Gasteiger charge is -2.22. The van der Waals surface area contributed by atoms with Crippen LogP contribution in [0.4, 0.5) is 17.6 Å². The Hall–Kier alpha value is -7.30. The van der Waals surface area contributed by atoms with Crippen LogP contribution in [0.25, 0.3) is 109 Å². The highest BCUT2D eigenvalue weighted by molar-refractivity contribution is 6.29. The molecule has 0 aromatic heterocycles. The quantitative estimate of drug-likeness (QED) is 0.0948. The van der Waals surface area contributed by atoms with Crippen molar-refractivity contribution in [1.82, 2.24) is 0 Å². The van der Waals surface area contributed by atoms with Gasteiger partial charge in [-0.2, -0.15) is 13.2 Å². The summed E-state index contributed by atoms with van der Waals surface area (Å²) in [6.07, 6.45) is -4.49. The molecule has 11 rings (SSSR count). The molecule has 4 heteroatoms. The van der Waals surface area contributed by atoms with E-state index in [1.165, 1.54) is 23.8 Å². The first-order valence-corrected chi connectivity index (χ1v) is 20.0. The van der Waals surface area contributed by atoms with Crippen molar-refractivity contribution in [2.24, 2.45) is 0 Å². The Kier molecular flexibility index (Phi) is 8.15. The van der Waals surface area contributed by atoms with Crippen molar-refractivity contribution in [2.75, 3.05) is 0 Å². The van der Waals surface area contributed by atoms with E-state index in [4.69, 9.17) is 0 Å². The lowest BCUT2D eigenvalue weighted by Crippen LogP contribution is -2.04. The third-order valence-corrected chi connectivity index (χ3v) is 12.2. The normalized spacial score (nSPS) is 12.1. The molecule has 0 N–H and O–H groups in total. The van der Waals surface area contributed by atoms with Gasteiger partial charge in [0.15, 0.2) is 0 Å². The zero-order valence-electron chi connectivity index (χ0n) is 32.4. The van der Waals surface area contributed by atoms with Crippen LogP contribution in [0, 0.1) is 12.7 Å². The van der Waals surface area contributed by atoms with Gasteiger partial charge in [-0.25, -0.2) is 4.39 Å². The smallest absolute Gasteiger partial charge is 0.207 e. The van der Waals surface area contributed by atoms with Crippen LogP contribution in [0.1, 0.15) is 11.1 Å². The van der Waals surface area contributed by atoms with Crippen LogP contribution < -0.4 is 0 Å². The average Bonchev–Trinajstić information content (AvgIpc) is 3.27. The molecule has 0 radical (unpaired) electrons. The minimum absolute atomic E-state index is 0.327. The third kappa shape index (κ3) is 5.82. The molecule has 0 aliphatic carbocycles. The second-order valence-electron chi connectivity index (χ2n) is 15.7. The van der Waals surface area contributed by atoms with E-state index >= 15 is 4.39 Å². The van der Waals surface area contributed by atoms with Gasteiger partial charge in [-0.05, 0) is 165 Å². The maximum Gasteiger partial charge on any atom is 0.416 e. The Morgan fingerprint density at radius 2 is 0.817 bits per heavy atom. The predicted molar refractivity (Wildman–Crippen MR) is 243 cm³/mol. The fourth-order valence-electron chi connectivity index (χ4n) is 9.34. The summed E-state index contributed by atoms with van der Waals surface area (Å²) in [5.41, 5.74) is 7.69. The van der Waals surface area contributed by atoms with Crippen LogP contribution in [0.5, 0.6) is 0 Å². The van der Waals surface area contributed by atoms with Crippen molar-refractivity contribution in [2.45, 2.75) is 13.1 Å². The van der Waals surface area contributed by atoms with Gasteiger partial charge in [0.2, 0.25) is 0 Å². The van der Waals surface area contributed by atoms with Crippen LogP contribution in [-0.2, 0) is 6.18 Å². The zero-order chi connectivity index (χ0) is 40.7. The maximum atomic E-state index is 15.1. The summed E-state index contributed by atoms with van der Waals surface area (Å²) >= 11 is 0. The fourth-order valence-corrected chi connectivity index (χ4v) is 9.34. The molecule has 0 fully saturated rings. The van der Waals surface area contributed by atoms with Crippen molar-refractivity contribution in [3.05, 3.63) is 205 Å². The molecule has 0 unspecified atom stereocenters. The van der Waals surface area contributed by atoms with E-state index in [0.29, 0.717) is 11.1 Å². The first-order chi connectivity index (χ1) is 29.2. The van der Waals surface area contributed by atoms with E-state index in [2.05, 4.69) is 128 Å². The Morgan fingerprint density at radius 3 is 1.43 bits per heavy atom. The number of alkyl halides is 3. The van der Waals surface area contributed by atoms with Crippen LogP contribution >= 0.6 is 0 Å². The number of hydrogen-bond acceptors (Lipinski definition) is 0. The molecule has 60 heavy (non-hydrogen) atoms. The Labute approximate surface area is 343 Å². The predicted octanol–water partition coefficient (Wildman–Crippen LogP) is 16.7. The van der Waals surface area contributed by atoms with E-state index in [1.54, 1.807) is 12.1 Å². The van der Waals surface area contributed by atoms with Crippen molar-refractivity contribution < 1.29 is 17.6 Å². The molecule has 0 amide bonds.